The zero-order valence-corrected chi connectivity index (χ0v) is 15.3. The molecule has 1 aromatic carbocycles. The van der Waals surface area contributed by atoms with Gasteiger partial charge in [0.15, 0.2) is 5.65 Å². The van der Waals surface area contributed by atoms with Crippen LogP contribution in [0.3, 0.4) is 0 Å². The largest absolute Gasteiger partial charge is 0.462 e. The average molecular weight is 362 g/mol. The van der Waals surface area contributed by atoms with Gasteiger partial charge in [0, 0.05) is 18.1 Å². The predicted molar refractivity (Wildman–Crippen MR) is 102 cm³/mol. The molecule has 0 saturated carbocycles. The van der Waals surface area contributed by atoms with E-state index in [1.807, 2.05) is 32.0 Å². The van der Waals surface area contributed by atoms with Gasteiger partial charge >= 0.3 is 5.97 Å². The van der Waals surface area contributed by atoms with Crippen molar-refractivity contribution in [3.05, 3.63) is 69.9 Å². The van der Waals surface area contributed by atoms with Gasteiger partial charge in [0.25, 0.3) is 5.56 Å². The van der Waals surface area contributed by atoms with Crippen molar-refractivity contribution in [1.29, 1.82) is 0 Å². The highest BCUT2D eigenvalue weighted by Gasteiger charge is 2.17. The Morgan fingerprint density at radius 2 is 1.96 bits per heavy atom. The Bertz CT molecular complexity index is 1250. The Balaban J connectivity index is 1.92. The Labute approximate surface area is 154 Å². The maximum Gasteiger partial charge on any atom is 0.343 e. The molecule has 0 spiro atoms. The highest BCUT2D eigenvalue weighted by Crippen LogP contribution is 2.18. The quantitative estimate of drug-likeness (QED) is 0.524. The van der Waals surface area contributed by atoms with Gasteiger partial charge in [-0.2, -0.15) is 5.10 Å². The van der Waals surface area contributed by atoms with Gasteiger partial charge in [-0.25, -0.2) is 14.3 Å². The van der Waals surface area contributed by atoms with Crippen LogP contribution in [0.1, 0.15) is 28.4 Å². The summed E-state index contributed by atoms with van der Waals surface area (Å²) in [6.07, 6.45) is 4.60. The van der Waals surface area contributed by atoms with Crippen LogP contribution in [0.2, 0.25) is 0 Å². The van der Waals surface area contributed by atoms with E-state index in [0.717, 1.165) is 11.3 Å². The second kappa shape index (κ2) is 6.35. The third-order valence-corrected chi connectivity index (χ3v) is 4.66. The number of pyridine rings is 1. The highest BCUT2D eigenvalue weighted by molar-refractivity contribution is 5.96. The van der Waals surface area contributed by atoms with E-state index in [0.29, 0.717) is 16.6 Å². The van der Waals surface area contributed by atoms with Crippen molar-refractivity contribution in [3.8, 4) is 5.69 Å². The SMILES string of the molecule is CCOC(=O)c1cnn2c1ncc1c(=O)n(-c3ccc(C)c(C)c3)ccc12. The molecule has 4 rings (SSSR count). The maximum absolute atomic E-state index is 13.0. The standard InChI is InChI=1S/C20H18N4O3/c1-4-27-20(26)16-11-22-24-17-7-8-23(14-6-5-12(2)13(3)9-14)19(25)15(17)10-21-18(16)24/h5-11H,4H2,1-3H3. The summed E-state index contributed by atoms with van der Waals surface area (Å²) in [5.41, 5.74) is 4.09. The maximum atomic E-state index is 13.0. The van der Waals surface area contributed by atoms with Crippen molar-refractivity contribution in [2.24, 2.45) is 0 Å². The summed E-state index contributed by atoms with van der Waals surface area (Å²) >= 11 is 0. The van der Waals surface area contributed by atoms with E-state index in [-0.39, 0.29) is 17.7 Å². The first-order valence-corrected chi connectivity index (χ1v) is 8.64. The molecule has 0 radical (unpaired) electrons. The fourth-order valence-corrected chi connectivity index (χ4v) is 3.05. The van der Waals surface area contributed by atoms with Gasteiger partial charge in [-0.1, -0.05) is 6.07 Å². The van der Waals surface area contributed by atoms with E-state index < -0.39 is 5.97 Å². The van der Waals surface area contributed by atoms with E-state index in [4.69, 9.17) is 4.74 Å². The summed E-state index contributed by atoms with van der Waals surface area (Å²) < 4.78 is 8.10. The second-order valence-electron chi connectivity index (χ2n) is 6.33. The van der Waals surface area contributed by atoms with Crippen molar-refractivity contribution in [3.63, 3.8) is 0 Å². The van der Waals surface area contributed by atoms with Crippen molar-refractivity contribution < 1.29 is 9.53 Å². The first kappa shape index (κ1) is 17.0. The van der Waals surface area contributed by atoms with Crippen molar-refractivity contribution >= 4 is 22.5 Å². The number of fused-ring (bicyclic) bond motifs is 3. The van der Waals surface area contributed by atoms with Gasteiger partial charge < -0.3 is 4.74 Å². The molecule has 0 aliphatic carbocycles. The zero-order valence-electron chi connectivity index (χ0n) is 15.3. The Morgan fingerprint density at radius 3 is 2.70 bits per heavy atom. The monoisotopic (exact) mass is 362 g/mol. The zero-order chi connectivity index (χ0) is 19.1. The van der Waals surface area contributed by atoms with Crippen molar-refractivity contribution in [2.45, 2.75) is 20.8 Å². The van der Waals surface area contributed by atoms with E-state index in [9.17, 15) is 9.59 Å². The van der Waals surface area contributed by atoms with Crippen molar-refractivity contribution in [1.82, 2.24) is 19.2 Å². The fraction of sp³-hybridized carbons (Fsp3) is 0.200. The summed E-state index contributed by atoms with van der Waals surface area (Å²) in [5, 5.41) is 4.64. The molecule has 0 aliphatic heterocycles. The molecule has 0 amide bonds. The van der Waals surface area contributed by atoms with Crippen LogP contribution in [0.4, 0.5) is 0 Å². The highest BCUT2D eigenvalue weighted by atomic mass is 16.5. The molecule has 3 aromatic heterocycles. The molecular weight excluding hydrogens is 344 g/mol. The van der Waals surface area contributed by atoms with Gasteiger partial charge in [-0.05, 0) is 50.1 Å². The molecule has 7 nitrogen and oxygen atoms in total. The topological polar surface area (TPSA) is 78.5 Å². The van der Waals surface area contributed by atoms with Crippen molar-refractivity contribution in [2.75, 3.05) is 6.61 Å². The average Bonchev–Trinajstić information content (AvgIpc) is 3.09. The second-order valence-corrected chi connectivity index (χ2v) is 6.33. The summed E-state index contributed by atoms with van der Waals surface area (Å²) in [5.74, 6) is -0.483. The smallest absolute Gasteiger partial charge is 0.343 e. The van der Waals surface area contributed by atoms with E-state index >= 15 is 0 Å². The van der Waals surface area contributed by atoms with Crippen LogP contribution < -0.4 is 5.56 Å². The first-order valence-electron chi connectivity index (χ1n) is 8.64. The minimum absolute atomic E-state index is 0.196. The number of rotatable bonds is 3. The molecule has 0 saturated heterocycles. The Hall–Kier alpha value is -3.48. The third kappa shape index (κ3) is 2.68. The number of benzene rings is 1. The number of ether oxygens (including phenoxy) is 1. The summed E-state index contributed by atoms with van der Waals surface area (Å²) in [6.45, 7) is 6.05. The summed E-state index contributed by atoms with van der Waals surface area (Å²) in [7, 11) is 0. The third-order valence-electron chi connectivity index (χ3n) is 4.66. The lowest BCUT2D eigenvalue weighted by atomic mass is 10.1. The van der Waals surface area contributed by atoms with Crippen LogP contribution in [0, 0.1) is 13.8 Å². The first-order chi connectivity index (χ1) is 13.0. The number of carbonyl (C=O) groups excluding carboxylic acids is 1. The lowest BCUT2D eigenvalue weighted by Crippen LogP contribution is -2.19. The van der Waals surface area contributed by atoms with E-state index in [1.165, 1.54) is 22.5 Å². The van der Waals surface area contributed by atoms with E-state index in [1.54, 1.807) is 23.8 Å². The van der Waals surface area contributed by atoms with Gasteiger partial charge in [-0.3, -0.25) is 9.36 Å². The summed E-state index contributed by atoms with van der Waals surface area (Å²) in [6, 6.07) is 7.67. The number of hydrogen-bond donors (Lipinski definition) is 0. The minimum Gasteiger partial charge on any atom is -0.462 e. The number of aromatic nitrogens is 4. The number of nitrogens with zero attached hydrogens (tertiary/aromatic N) is 4. The molecule has 0 aliphatic rings. The minimum atomic E-state index is -0.483. The molecule has 0 bridgehead atoms. The Morgan fingerprint density at radius 1 is 1.15 bits per heavy atom. The number of carbonyl (C=O) groups is 1. The van der Waals surface area contributed by atoms with Gasteiger partial charge in [0.2, 0.25) is 0 Å². The van der Waals surface area contributed by atoms with E-state index in [2.05, 4.69) is 10.1 Å². The Kier molecular flexibility index (Phi) is 3.99. The molecular formula is C20H18N4O3. The van der Waals surface area contributed by atoms with Gasteiger partial charge in [0.05, 0.1) is 23.7 Å². The molecule has 7 heteroatoms. The van der Waals surface area contributed by atoms with Crippen LogP contribution in [0.5, 0.6) is 0 Å². The van der Waals surface area contributed by atoms with Crippen LogP contribution in [-0.2, 0) is 4.74 Å². The molecule has 136 valence electrons. The molecule has 3 heterocycles. The van der Waals surface area contributed by atoms with Crippen LogP contribution in [0.15, 0.2) is 47.7 Å². The van der Waals surface area contributed by atoms with Gasteiger partial charge in [-0.15, -0.1) is 0 Å². The molecule has 0 N–H and O–H groups in total. The lowest BCUT2D eigenvalue weighted by Gasteiger charge is -2.10. The van der Waals surface area contributed by atoms with Crippen LogP contribution in [0.25, 0.3) is 22.2 Å². The molecule has 0 fully saturated rings. The molecule has 0 atom stereocenters. The van der Waals surface area contributed by atoms with Crippen LogP contribution in [-0.4, -0.2) is 31.7 Å². The van der Waals surface area contributed by atoms with Gasteiger partial charge in [0.1, 0.15) is 5.56 Å². The number of esters is 1. The fourth-order valence-electron chi connectivity index (χ4n) is 3.05. The molecule has 4 aromatic rings. The van der Waals surface area contributed by atoms with Crippen LogP contribution >= 0.6 is 0 Å². The predicted octanol–water partition coefficient (Wildman–Crippen LogP) is 2.83. The summed E-state index contributed by atoms with van der Waals surface area (Å²) in [4.78, 5) is 29.3. The number of hydrogen-bond acceptors (Lipinski definition) is 5. The lowest BCUT2D eigenvalue weighted by molar-refractivity contribution is 0.0528. The normalized spacial score (nSPS) is 11.2. The molecule has 0 unspecified atom stereocenters. The molecule has 27 heavy (non-hydrogen) atoms. The number of aryl methyl sites for hydroxylation is 2.